The zero-order chi connectivity index (χ0) is 21.2. The molecule has 0 aliphatic heterocycles. The van der Waals surface area contributed by atoms with E-state index in [1.54, 1.807) is 0 Å². The molecule has 1 fully saturated rings. The minimum absolute atomic E-state index is 0.136. The summed E-state index contributed by atoms with van der Waals surface area (Å²) in [5, 5.41) is 9.57. The molecule has 0 spiro atoms. The third kappa shape index (κ3) is 6.11. The normalized spacial score (nSPS) is 22.7. The highest BCUT2D eigenvalue weighted by Gasteiger charge is 2.55. The van der Waals surface area contributed by atoms with Crippen molar-refractivity contribution in [1.82, 2.24) is 0 Å². The molecule has 0 bridgehead atoms. The van der Waals surface area contributed by atoms with Gasteiger partial charge in [0.2, 0.25) is 0 Å². The number of hydrogen-bond acceptors (Lipinski definition) is 8. The van der Waals surface area contributed by atoms with Gasteiger partial charge >= 0.3 is 11.9 Å². The lowest BCUT2D eigenvalue weighted by atomic mass is 9.55. The molecule has 1 aliphatic carbocycles. The molecule has 1 N–H and O–H groups in total. The van der Waals surface area contributed by atoms with E-state index in [1.807, 2.05) is 0 Å². The molecule has 1 saturated carbocycles. The lowest BCUT2D eigenvalue weighted by Crippen LogP contribution is -2.51. The number of ether oxygens (including phenoxy) is 3. The molecule has 28 heavy (non-hydrogen) atoms. The second kappa shape index (κ2) is 11.7. The van der Waals surface area contributed by atoms with Crippen molar-refractivity contribution in [1.29, 1.82) is 0 Å². The van der Waals surface area contributed by atoms with Crippen molar-refractivity contribution in [2.24, 2.45) is 11.3 Å². The maximum absolute atomic E-state index is 12.6. The number of carbonyl (C=O) groups excluding carboxylic acids is 3. The molecule has 162 valence electrons. The summed E-state index contributed by atoms with van der Waals surface area (Å²) in [5.41, 5.74) is -0.464. The summed E-state index contributed by atoms with van der Waals surface area (Å²) in [6, 6.07) is 0. The molecule has 1 rings (SSSR count). The summed E-state index contributed by atoms with van der Waals surface area (Å²) in [5.74, 6) is -0.123. The van der Waals surface area contributed by atoms with Crippen LogP contribution in [0.25, 0.3) is 0 Å². The topological polar surface area (TPSA) is 99.1 Å². The Kier molecular flexibility index (Phi) is 10.3. The van der Waals surface area contributed by atoms with Crippen LogP contribution in [-0.4, -0.2) is 60.4 Å². The van der Waals surface area contributed by atoms with E-state index < -0.39 is 17.5 Å². The first-order valence-electron chi connectivity index (χ1n) is 9.94. The Balaban J connectivity index is 2.70. The van der Waals surface area contributed by atoms with Gasteiger partial charge in [0.25, 0.3) is 6.47 Å². The van der Waals surface area contributed by atoms with E-state index in [0.717, 1.165) is 32.1 Å². The third-order valence-electron chi connectivity index (χ3n) is 6.02. The molecule has 0 amide bonds. The molecule has 0 radical (unpaired) electrons. The van der Waals surface area contributed by atoms with Gasteiger partial charge in [-0.3, -0.25) is 14.4 Å². The smallest absolute Gasteiger partial charge is 0.316 e. The van der Waals surface area contributed by atoms with Crippen molar-refractivity contribution in [3.05, 3.63) is 0 Å². The monoisotopic (exact) mass is 418 g/mol. The Morgan fingerprint density at radius 2 is 1.96 bits per heavy atom. The van der Waals surface area contributed by atoms with Gasteiger partial charge in [-0.25, -0.2) is 0 Å². The molecule has 0 heterocycles. The maximum atomic E-state index is 12.6. The van der Waals surface area contributed by atoms with E-state index in [9.17, 15) is 19.5 Å². The fourth-order valence-electron chi connectivity index (χ4n) is 4.04. The number of thioether (sulfide) groups is 1. The average Bonchev–Trinajstić information content (AvgIpc) is 2.70. The zero-order valence-electron chi connectivity index (χ0n) is 17.4. The minimum Gasteiger partial charge on any atom is -0.469 e. The first-order valence-corrected chi connectivity index (χ1v) is 10.9. The van der Waals surface area contributed by atoms with Crippen molar-refractivity contribution in [3.63, 3.8) is 0 Å². The van der Waals surface area contributed by atoms with E-state index in [2.05, 4.69) is 25.5 Å². The fraction of sp³-hybridized carbons (Fsp3) is 0.850. The minimum atomic E-state index is -1.04. The second-order valence-electron chi connectivity index (χ2n) is 7.41. The van der Waals surface area contributed by atoms with Gasteiger partial charge in [0.1, 0.15) is 19.3 Å². The first-order chi connectivity index (χ1) is 13.3. The SMILES string of the molecule is CCC1CCC1(CC(CC)(CC)SCC(=O)OCC(O)COC=O)C(=O)OC. The molecule has 3 unspecified atom stereocenters. The van der Waals surface area contributed by atoms with Crippen molar-refractivity contribution in [2.75, 3.05) is 26.1 Å². The molecular formula is C20H34O7S. The van der Waals surface area contributed by atoms with Gasteiger partial charge in [-0.15, -0.1) is 11.8 Å². The van der Waals surface area contributed by atoms with Gasteiger partial charge in [-0.05, 0) is 38.0 Å². The number of rotatable bonds is 14. The van der Waals surface area contributed by atoms with Crippen LogP contribution in [-0.2, 0) is 28.6 Å². The molecule has 1 aliphatic rings. The Morgan fingerprint density at radius 1 is 1.29 bits per heavy atom. The largest absolute Gasteiger partial charge is 0.469 e. The Bertz CT molecular complexity index is 519. The fourth-order valence-corrected chi connectivity index (χ4v) is 5.32. The lowest BCUT2D eigenvalue weighted by molar-refractivity contribution is -0.167. The zero-order valence-corrected chi connectivity index (χ0v) is 18.2. The highest BCUT2D eigenvalue weighted by atomic mass is 32.2. The highest BCUT2D eigenvalue weighted by Crippen LogP contribution is 2.57. The molecule has 0 saturated heterocycles. The molecule has 7 nitrogen and oxygen atoms in total. The first kappa shape index (κ1) is 24.8. The lowest BCUT2D eigenvalue weighted by Gasteiger charge is -2.51. The van der Waals surface area contributed by atoms with Gasteiger partial charge in [0, 0.05) is 4.75 Å². The molecule has 0 aromatic carbocycles. The van der Waals surface area contributed by atoms with Crippen molar-refractivity contribution in [2.45, 2.75) is 70.1 Å². The van der Waals surface area contributed by atoms with Crippen LogP contribution in [0.15, 0.2) is 0 Å². The predicted octanol–water partition coefficient (Wildman–Crippen LogP) is 2.73. The number of esters is 2. The van der Waals surface area contributed by atoms with Gasteiger partial charge in [0.05, 0.1) is 18.3 Å². The molecule has 0 aromatic rings. The summed E-state index contributed by atoms with van der Waals surface area (Å²) in [7, 11) is 1.44. The van der Waals surface area contributed by atoms with E-state index in [4.69, 9.17) is 9.47 Å². The summed E-state index contributed by atoms with van der Waals surface area (Å²) in [6.45, 7) is 6.06. The van der Waals surface area contributed by atoms with Crippen LogP contribution in [0.3, 0.4) is 0 Å². The number of hydrogen-bond donors (Lipinski definition) is 1. The van der Waals surface area contributed by atoms with Crippen molar-refractivity contribution < 1.29 is 33.7 Å². The van der Waals surface area contributed by atoms with E-state index in [1.165, 1.54) is 18.9 Å². The molecule has 0 aromatic heterocycles. The summed E-state index contributed by atoms with van der Waals surface area (Å²) in [6.07, 6.45) is 4.09. The summed E-state index contributed by atoms with van der Waals surface area (Å²) < 4.78 is 14.4. The predicted molar refractivity (Wildman–Crippen MR) is 107 cm³/mol. The van der Waals surface area contributed by atoms with Crippen LogP contribution in [0.2, 0.25) is 0 Å². The number of methoxy groups -OCH3 is 1. The Morgan fingerprint density at radius 3 is 2.43 bits per heavy atom. The van der Waals surface area contributed by atoms with Crippen LogP contribution in [0, 0.1) is 11.3 Å². The van der Waals surface area contributed by atoms with Gasteiger partial charge < -0.3 is 19.3 Å². The molecular weight excluding hydrogens is 384 g/mol. The quantitative estimate of drug-likeness (QED) is 0.261. The number of aliphatic hydroxyl groups is 1. The van der Waals surface area contributed by atoms with Crippen molar-refractivity contribution >= 4 is 30.2 Å². The number of carbonyl (C=O) groups is 3. The summed E-state index contributed by atoms with van der Waals surface area (Å²) in [4.78, 5) is 34.8. The maximum Gasteiger partial charge on any atom is 0.316 e. The van der Waals surface area contributed by atoms with Gasteiger partial charge in [0.15, 0.2) is 0 Å². The van der Waals surface area contributed by atoms with Gasteiger partial charge in [-0.1, -0.05) is 27.2 Å². The molecule has 8 heteroatoms. The van der Waals surface area contributed by atoms with E-state index in [-0.39, 0.29) is 36.2 Å². The number of aliphatic hydroxyl groups excluding tert-OH is 1. The summed E-state index contributed by atoms with van der Waals surface area (Å²) >= 11 is 1.51. The average molecular weight is 419 g/mol. The van der Waals surface area contributed by atoms with Crippen LogP contribution in [0.5, 0.6) is 0 Å². The van der Waals surface area contributed by atoms with Crippen molar-refractivity contribution in [3.8, 4) is 0 Å². The van der Waals surface area contributed by atoms with Crippen LogP contribution in [0.4, 0.5) is 0 Å². The molecule has 3 atom stereocenters. The van der Waals surface area contributed by atoms with Gasteiger partial charge in [-0.2, -0.15) is 0 Å². The van der Waals surface area contributed by atoms with E-state index >= 15 is 0 Å². The standard InChI is InChI=1S/C20H34O7S/c1-5-15-8-9-20(15,18(24)25-4)13-19(6-2,7-3)28-12-17(23)27-11-16(22)10-26-14-21/h14-16,22H,5-13H2,1-4H3. The van der Waals surface area contributed by atoms with Crippen LogP contribution < -0.4 is 0 Å². The third-order valence-corrected chi connectivity index (χ3v) is 7.74. The Labute approximate surface area is 171 Å². The second-order valence-corrected chi connectivity index (χ2v) is 8.86. The Hall–Kier alpha value is -1.28. The van der Waals surface area contributed by atoms with E-state index in [0.29, 0.717) is 12.3 Å². The van der Waals surface area contributed by atoms with Crippen LogP contribution >= 0.6 is 11.8 Å². The highest BCUT2D eigenvalue weighted by molar-refractivity contribution is 8.01. The van der Waals surface area contributed by atoms with Crippen LogP contribution in [0.1, 0.15) is 59.3 Å².